The summed E-state index contributed by atoms with van der Waals surface area (Å²) in [7, 11) is 0. The van der Waals surface area contributed by atoms with Crippen LogP contribution in [0.2, 0.25) is 0 Å². The van der Waals surface area contributed by atoms with E-state index in [0.717, 1.165) is 23.7 Å². The molecule has 0 spiro atoms. The Hall–Kier alpha value is -0.120. The van der Waals surface area contributed by atoms with Gasteiger partial charge >= 0.3 is 0 Å². The highest BCUT2D eigenvalue weighted by atomic mass is 15.3. The van der Waals surface area contributed by atoms with Gasteiger partial charge in [0.15, 0.2) is 0 Å². The van der Waals surface area contributed by atoms with Crippen LogP contribution in [-0.4, -0.2) is 55.1 Å². The van der Waals surface area contributed by atoms with Crippen molar-refractivity contribution in [3.05, 3.63) is 0 Å². The van der Waals surface area contributed by atoms with Crippen LogP contribution in [0.3, 0.4) is 0 Å². The van der Waals surface area contributed by atoms with Gasteiger partial charge in [-0.2, -0.15) is 0 Å². The molecule has 1 saturated heterocycles. The van der Waals surface area contributed by atoms with Crippen LogP contribution in [0.1, 0.15) is 32.1 Å². The van der Waals surface area contributed by atoms with Gasteiger partial charge in [0.1, 0.15) is 0 Å². The minimum Gasteiger partial charge on any atom is -0.327 e. The van der Waals surface area contributed by atoms with Crippen molar-refractivity contribution in [2.45, 2.75) is 38.1 Å². The molecule has 2 bridgehead atoms. The summed E-state index contributed by atoms with van der Waals surface area (Å²) in [5, 5.41) is 0. The predicted octanol–water partition coefficient (Wildman–Crippen LogP) is 1.39. The molecule has 4 fully saturated rings. The van der Waals surface area contributed by atoms with Crippen molar-refractivity contribution in [2.75, 3.05) is 39.3 Å². The Balaban J connectivity index is 1.25. The number of piperazine rings is 1. The van der Waals surface area contributed by atoms with E-state index in [1.165, 1.54) is 71.4 Å². The summed E-state index contributed by atoms with van der Waals surface area (Å²) in [5.74, 6) is 3.69. The molecular weight excluding hydrogens is 234 g/mol. The smallest absolute Gasteiger partial charge is 0.0111 e. The zero-order valence-electron chi connectivity index (χ0n) is 12.1. The third-order valence-corrected chi connectivity index (χ3v) is 6.31. The molecule has 3 saturated carbocycles. The Labute approximate surface area is 117 Å². The molecule has 0 amide bonds. The van der Waals surface area contributed by atoms with E-state index < -0.39 is 0 Å². The Morgan fingerprint density at radius 2 is 1.42 bits per heavy atom. The van der Waals surface area contributed by atoms with Crippen molar-refractivity contribution >= 4 is 0 Å². The topological polar surface area (TPSA) is 32.5 Å². The molecule has 4 atom stereocenters. The van der Waals surface area contributed by atoms with Crippen molar-refractivity contribution in [3.8, 4) is 0 Å². The highest BCUT2D eigenvalue weighted by molar-refractivity contribution is 5.00. The number of nitrogens with two attached hydrogens (primary N) is 1. The summed E-state index contributed by atoms with van der Waals surface area (Å²) in [6.45, 7) is 7.83. The second-order valence-corrected chi connectivity index (χ2v) is 7.62. The molecule has 4 unspecified atom stereocenters. The minimum absolute atomic E-state index is 0.517. The van der Waals surface area contributed by atoms with E-state index in [9.17, 15) is 0 Å². The SMILES string of the molecule is NC1C2CCC(C2)C1CN1CCN(CC2CC2)CC1. The second kappa shape index (κ2) is 5.01. The van der Waals surface area contributed by atoms with E-state index in [1.54, 1.807) is 0 Å². The number of hydrogen-bond acceptors (Lipinski definition) is 3. The van der Waals surface area contributed by atoms with Crippen LogP contribution in [0, 0.1) is 23.7 Å². The van der Waals surface area contributed by atoms with Crippen LogP contribution >= 0.6 is 0 Å². The molecule has 2 N–H and O–H groups in total. The van der Waals surface area contributed by atoms with Crippen LogP contribution < -0.4 is 5.73 Å². The summed E-state index contributed by atoms with van der Waals surface area (Å²) in [6, 6.07) is 0.517. The van der Waals surface area contributed by atoms with E-state index >= 15 is 0 Å². The molecule has 4 rings (SSSR count). The van der Waals surface area contributed by atoms with Gasteiger partial charge in [-0.15, -0.1) is 0 Å². The van der Waals surface area contributed by atoms with E-state index in [-0.39, 0.29) is 0 Å². The Kier molecular flexibility index (Phi) is 3.33. The average Bonchev–Trinajstić information content (AvgIpc) is 3.02. The molecule has 3 aliphatic carbocycles. The molecule has 0 aromatic heterocycles. The number of fused-ring (bicyclic) bond motifs is 2. The first-order valence-electron chi connectivity index (χ1n) is 8.50. The zero-order chi connectivity index (χ0) is 12.8. The lowest BCUT2D eigenvalue weighted by molar-refractivity contribution is 0.0978. The second-order valence-electron chi connectivity index (χ2n) is 7.62. The monoisotopic (exact) mass is 263 g/mol. The molecule has 3 heteroatoms. The van der Waals surface area contributed by atoms with Crippen molar-refractivity contribution in [2.24, 2.45) is 29.4 Å². The molecule has 4 aliphatic rings. The molecule has 1 aliphatic heterocycles. The maximum Gasteiger partial charge on any atom is 0.0111 e. The highest BCUT2D eigenvalue weighted by Gasteiger charge is 2.46. The lowest BCUT2D eigenvalue weighted by Crippen LogP contribution is -2.50. The molecule has 1 heterocycles. The highest BCUT2D eigenvalue weighted by Crippen LogP contribution is 2.47. The maximum atomic E-state index is 6.45. The number of rotatable bonds is 4. The molecule has 108 valence electrons. The van der Waals surface area contributed by atoms with E-state index in [4.69, 9.17) is 5.73 Å². The Morgan fingerprint density at radius 1 is 0.789 bits per heavy atom. The van der Waals surface area contributed by atoms with Crippen molar-refractivity contribution in [1.29, 1.82) is 0 Å². The van der Waals surface area contributed by atoms with Gasteiger partial charge < -0.3 is 15.5 Å². The quantitative estimate of drug-likeness (QED) is 0.832. The predicted molar refractivity (Wildman–Crippen MR) is 77.9 cm³/mol. The van der Waals surface area contributed by atoms with Crippen molar-refractivity contribution in [1.82, 2.24) is 9.80 Å². The fourth-order valence-electron chi connectivity index (χ4n) is 4.84. The largest absolute Gasteiger partial charge is 0.327 e. The van der Waals surface area contributed by atoms with E-state index in [1.807, 2.05) is 0 Å². The first-order valence-corrected chi connectivity index (χ1v) is 8.50. The number of hydrogen-bond donors (Lipinski definition) is 1. The van der Waals surface area contributed by atoms with Crippen LogP contribution in [0.5, 0.6) is 0 Å². The minimum atomic E-state index is 0.517. The van der Waals surface area contributed by atoms with E-state index in [2.05, 4.69) is 9.80 Å². The third-order valence-electron chi connectivity index (χ3n) is 6.31. The van der Waals surface area contributed by atoms with Crippen molar-refractivity contribution in [3.63, 3.8) is 0 Å². The lowest BCUT2D eigenvalue weighted by Gasteiger charge is -2.38. The zero-order valence-corrected chi connectivity index (χ0v) is 12.1. The van der Waals surface area contributed by atoms with Crippen LogP contribution in [0.15, 0.2) is 0 Å². The molecule has 0 radical (unpaired) electrons. The van der Waals surface area contributed by atoms with Crippen LogP contribution in [-0.2, 0) is 0 Å². The van der Waals surface area contributed by atoms with Gasteiger partial charge in [-0.25, -0.2) is 0 Å². The average molecular weight is 263 g/mol. The Bertz CT molecular complexity index is 318. The van der Waals surface area contributed by atoms with Gasteiger partial charge in [-0.1, -0.05) is 0 Å². The summed E-state index contributed by atoms with van der Waals surface area (Å²) in [4.78, 5) is 5.39. The molecule has 0 aromatic carbocycles. The standard InChI is InChI=1S/C16H29N3/c17-16-14-4-3-13(9-14)15(16)11-19-7-5-18(6-8-19)10-12-1-2-12/h12-16H,1-11,17H2. The molecule has 3 nitrogen and oxygen atoms in total. The van der Waals surface area contributed by atoms with Crippen LogP contribution in [0.4, 0.5) is 0 Å². The fraction of sp³-hybridized carbons (Fsp3) is 1.00. The first-order chi connectivity index (χ1) is 9.29. The normalized spacial score (nSPS) is 44.1. The first kappa shape index (κ1) is 12.6. The summed E-state index contributed by atoms with van der Waals surface area (Å²) >= 11 is 0. The van der Waals surface area contributed by atoms with E-state index in [0.29, 0.717) is 6.04 Å². The van der Waals surface area contributed by atoms with Gasteiger partial charge in [0.2, 0.25) is 0 Å². The molecule has 19 heavy (non-hydrogen) atoms. The summed E-state index contributed by atoms with van der Waals surface area (Å²) in [5.41, 5.74) is 6.45. The van der Waals surface area contributed by atoms with Gasteiger partial charge in [0, 0.05) is 45.3 Å². The fourth-order valence-corrected chi connectivity index (χ4v) is 4.84. The van der Waals surface area contributed by atoms with Crippen LogP contribution in [0.25, 0.3) is 0 Å². The van der Waals surface area contributed by atoms with Crippen molar-refractivity contribution < 1.29 is 0 Å². The van der Waals surface area contributed by atoms with Gasteiger partial charge in [0.25, 0.3) is 0 Å². The van der Waals surface area contributed by atoms with Gasteiger partial charge in [-0.3, -0.25) is 0 Å². The summed E-state index contributed by atoms with van der Waals surface area (Å²) < 4.78 is 0. The van der Waals surface area contributed by atoms with Gasteiger partial charge in [0.05, 0.1) is 0 Å². The van der Waals surface area contributed by atoms with Gasteiger partial charge in [-0.05, 0) is 55.8 Å². The third kappa shape index (κ3) is 2.57. The molecule has 0 aromatic rings. The lowest BCUT2D eigenvalue weighted by atomic mass is 9.84. The maximum absolute atomic E-state index is 6.45. The Morgan fingerprint density at radius 3 is 2.00 bits per heavy atom. The molecular formula is C16H29N3. The number of nitrogens with zero attached hydrogens (tertiary/aromatic N) is 2. The summed E-state index contributed by atoms with van der Waals surface area (Å²) in [6.07, 6.45) is 7.29.